The van der Waals surface area contributed by atoms with Crippen LogP contribution in [-0.2, 0) is 13.1 Å². The summed E-state index contributed by atoms with van der Waals surface area (Å²) in [5.41, 5.74) is 6.46. The van der Waals surface area contributed by atoms with Crippen molar-refractivity contribution in [2.45, 2.75) is 32.9 Å². The number of aromatic nitrogens is 7. The van der Waals surface area contributed by atoms with Gasteiger partial charge < -0.3 is 10.3 Å². The predicted molar refractivity (Wildman–Crippen MR) is 133 cm³/mol. The highest BCUT2D eigenvalue weighted by Crippen LogP contribution is 2.39. The molecule has 0 amide bonds. The van der Waals surface area contributed by atoms with Crippen LogP contribution in [0.4, 0.5) is 0 Å². The van der Waals surface area contributed by atoms with Gasteiger partial charge in [0.1, 0.15) is 5.82 Å². The minimum Gasteiger partial charge on any atom is -0.354 e. The van der Waals surface area contributed by atoms with Gasteiger partial charge in [-0.1, -0.05) is 13.8 Å². The summed E-state index contributed by atoms with van der Waals surface area (Å²) in [4.78, 5) is 15.4. The van der Waals surface area contributed by atoms with Gasteiger partial charge in [0.15, 0.2) is 11.5 Å². The topological polar surface area (TPSA) is 103 Å². The average molecular weight is 456 g/mol. The van der Waals surface area contributed by atoms with Gasteiger partial charge in [-0.05, 0) is 42.8 Å². The number of likely N-dealkylation sites (N-methyl/N-ethyl adjacent to an activating group) is 1. The first-order valence-electron chi connectivity index (χ1n) is 11.9. The molecule has 0 saturated heterocycles. The first-order chi connectivity index (χ1) is 16.6. The number of benzene rings is 1. The number of nitrogens with zero attached hydrogens (tertiary/aromatic N) is 6. The van der Waals surface area contributed by atoms with E-state index < -0.39 is 0 Å². The molecular weight excluding hydrogens is 426 g/mol. The smallest absolute Gasteiger partial charge is 0.181 e. The molecule has 0 aliphatic carbocycles. The number of H-pyrrole nitrogens is 2. The number of fused-ring (bicyclic) bond motifs is 3. The summed E-state index contributed by atoms with van der Waals surface area (Å²) in [6.45, 7) is 9.19. The van der Waals surface area contributed by atoms with E-state index in [9.17, 15) is 0 Å². The molecule has 5 heterocycles. The molecule has 3 N–H and O–H groups in total. The summed E-state index contributed by atoms with van der Waals surface area (Å²) < 4.78 is 2.06. The molecule has 1 aromatic carbocycles. The first-order valence-corrected chi connectivity index (χ1v) is 11.9. The van der Waals surface area contributed by atoms with Gasteiger partial charge >= 0.3 is 0 Å². The molecule has 0 bridgehead atoms. The van der Waals surface area contributed by atoms with Crippen molar-refractivity contribution in [2.24, 2.45) is 0 Å². The number of nitrogens with one attached hydrogen (secondary N) is 3. The van der Waals surface area contributed by atoms with Gasteiger partial charge in [-0.15, -0.1) is 0 Å². The van der Waals surface area contributed by atoms with E-state index >= 15 is 0 Å². The van der Waals surface area contributed by atoms with Crippen molar-refractivity contribution < 1.29 is 0 Å². The van der Waals surface area contributed by atoms with E-state index in [1.54, 1.807) is 0 Å². The van der Waals surface area contributed by atoms with E-state index in [1.807, 2.05) is 19.4 Å². The van der Waals surface area contributed by atoms with E-state index in [4.69, 9.17) is 10.1 Å². The molecule has 9 nitrogen and oxygen atoms in total. The van der Waals surface area contributed by atoms with Crippen LogP contribution in [0.15, 0.2) is 36.7 Å². The molecule has 1 aliphatic rings. The lowest BCUT2D eigenvalue weighted by Gasteiger charge is -2.26. The Morgan fingerprint density at radius 1 is 1.15 bits per heavy atom. The third-order valence-corrected chi connectivity index (χ3v) is 6.72. The standard InChI is InChI=1S/C25H29N9/c1-15(2)22-18-12-16(24-30-21-14-33(9-8-26-3)10-11-34(21)32-24)4-5-20(18)29-23(22)17-6-7-27-25-19(17)13-28-31-25/h4-7,12-13,15,26,29H,8-11,14H2,1-3H3,(H,27,28,31). The Hall–Kier alpha value is -3.56. The van der Waals surface area contributed by atoms with Crippen molar-refractivity contribution in [1.82, 2.24) is 45.1 Å². The fourth-order valence-electron chi connectivity index (χ4n) is 5.00. The zero-order valence-electron chi connectivity index (χ0n) is 19.8. The van der Waals surface area contributed by atoms with Gasteiger partial charge in [0.2, 0.25) is 0 Å². The van der Waals surface area contributed by atoms with Gasteiger partial charge in [-0.2, -0.15) is 10.2 Å². The van der Waals surface area contributed by atoms with Gasteiger partial charge in [-0.25, -0.2) is 14.6 Å². The van der Waals surface area contributed by atoms with Crippen LogP contribution < -0.4 is 5.32 Å². The van der Waals surface area contributed by atoms with Crippen LogP contribution in [0.1, 0.15) is 31.2 Å². The molecule has 1 aliphatic heterocycles. The van der Waals surface area contributed by atoms with Gasteiger partial charge in [-0.3, -0.25) is 10.00 Å². The quantitative estimate of drug-likeness (QED) is 0.362. The zero-order valence-corrected chi connectivity index (χ0v) is 19.8. The molecule has 0 saturated carbocycles. The molecule has 9 heteroatoms. The van der Waals surface area contributed by atoms with Crippen LogP contribution in [0, 0.1) is 0 Å². The fraction of sp³-hybridized carbons (Fsp3) is 0.360. The lowest BCUT2D eigenvalue weighted by molar-refractivity contribution is 0.211. The summed E-state index contributed by atoms with van der Waals surface area (Å²) in [6, 6.07) is 8.55. The number of pyridine rings is 1. The summed E-state index contributed by atoms with van der Waals surface area (Å²) in [5, 5.41) is 17.5. The Labute approximate surface area is 197 Å². The van der Waals surface area contributed by atoms with Crippen molar-refractivity contribution >= 4 is 21.9 Å². The predicted octanol–water partition coefficient (Wildman–Crippen LogP) is 3.52. The van der Waals surface area contributed by atoms with E-state index in [1.165, 1.54) is 10.9 Å². The number of rotatable bonds is 6. The molecule has 34 heavy (non-hydrogen) atoms. The van der Waals surface area contributed by atoms with E-state index in [0.29, 0.717) is 5.92 Å². The highest BCUT2D eigenvalue weighted by Gasteiger charge is 2.22. The van der Waals surface area contributed by atoms with Crippen LogP contribution in [0.25, 0.3) is 44.6 Å². The monoisotopic (exact) mass is 455 g/mol. The molecule has 6 rings (SSSR count). The lowest BCUT2D eigenvalue weighted by Crippen LogP contribution is -2.37. The Bertz CT molecular complexity index is 1470. The second kappa shape index (κ2) is 8.34. The molecule has 0 radical (unpaired) electrons. The van der Waals surface area contributed by atoms with Gasteiger partial charge in [0.05, 0.1) is 25.0 Å². The number of hydrogen-bond acceptors (Lipinski definition) is 6. The minimum atomic E-state index is 0.331. The molecule has 0 unspecified atom stereocenters. The van der Waals surface area contributed by atoms with Crippen molar-refractivity contribution in [3.8, 4) is 22.6 Å². The third kappa shape index (κ3) is 3.48. The summed E-state index contributed by atoms with van der Waals surface area (Å²) in [7, 11) is 1.99. The first kappa shape index (κ1) is 21.0. The Kier molecular flexibility index (Phi) is 5.15. The van der Waals surface area contributed by atoms with Crippen LogP contribution >= 0.6 is 0 Å². The van der Waals surface area contributed by atoms with Crippen molar-refractivity contribution in [3.63, 3.8) is 0 Å². The molecule has 0 spiro atoms. The van der Waals surface area contributed by atoms with Crippen molar-refractivity contribution in [2.75, 3.05) is 26.7 Å². The lowest BCUT2D eigenvalue weighted by atomic mass is 9.95. The zero-order chi connectivity index (χ0) is 23.2. The maximum absolute atomic E-state index is 4.92. The second-order valence-electron chi connectivity index (χ2n) is 9.27. The van der Waals surface area contributed by atoms with Crippen LogP contribution in [0.5, 0.6) is 0 Å². The summed E-state index contributed by atoms with van der Waals surface area (Å²) in [5.74, 6) is 2.17. The maximum atomic E-state index is 4.92. The van der Waals surface area contributed by atoms with Crippen molar-refractivity contribution in [1.29, 1.82) is 0 Å². The third-order valence-electron chi connectivity index (χ3n) is 6.72. The highest BCUT2D eigenvalue weighted by atomic mass is 15.4. The number of aromatic amines is 2. The van der Waals surface area contributed by atoms with Gasteiger partial charge in [0.25, 0.3) is 0 Å². The SMILES string of the molecule is CNCCN1CCn2nc(-c3ccc4[nH]c(-c5ccnc6[nH]ncc56)c(C(C)C)c4c3)nc2C1. The Morgan fingerprint density at radius 2 is 2.06 bits per heavy atom. The highest BCUT2D eigenvalue weighted by molar-refractivity contribution is 5.99. The normalized spacial score (nSPS) is 14.5. The second-order valence-corrected chi connectivity index (χ2v) is 9.27. The average Bonchev–Trinajstić information content (AvgIpc) is 3.57. The van der Waals surface area contributed by atoms with Crippen LogP contribution in [-0.4, -0.2) is 66.5 Å². The van der Waals surface area contributed by atoms with Crippen LogP contribution in [0.2, 0.25) is 0 Å². The van der Waals surface area contributed by atoms with E-state index in [0.717, 1.165) is 77.7 Å². The largest absolute Gasteiger partial charge is 0.354 e. The summed E-state index contributed by atoms with van der Waals surface area (Å²) >= 11 is 0. The van der Waals surface area contributed by atoms with Crippen molar-refractivity contribution in [3.05, 3.63) is 48.0 Å². The Balaban J connectivity index is 1.42. The Morgan fingerprint density at radius 3 is 2.91 bits per heavy atom. The molecule has 5 aromatic rings. The number of hydrogen-bond donors (Lipinski definition) is 3. The summed E-state index contributed by atoms with van der Waals surface area (Å²) in [6.07, 6.45) is 3.68. The van der Waals surface area contributed by atoms with Crippen LogP contribution in [0.3, 0.4) is 0 Å². The van der Waals surface area contributed by atoms with E-state index in [2.05, 4.69) is 73.2 Å². The van der Waals surface area contributed by atoms with Gasteiger partial charge in [0, 0.05) is 53.2 Å². The molecule has 0 atom stereocenters. The minimum absolute atomic E-state index is 0.331. The molecule has 0 fully saturated rings. The van der Waals surface area contributed by atoms with E-state index in [-0.39, 0.29) is 0 Å². The molecular formula is C25H29N9. The fourth-order valence-corrected chi connectivity index (χ4v) is 5.00. The maximum Gasteiger partial charge on any atom is 0.181 e. The molecule has 4 aromatic heterocycles. The molecule has 174 valence electrons.